The molecule has 0 unspecified atom stereocenters. The molecule has 108 valence electrons. The zero-order chi connectivity index (χ0) is 14.6. The normalized spacial score (nSPS) is 11.6. The first-order valence-electron chi connectivity index (χ1n) is 7.06. The van der Waals surface area contributed by atoms with E-state index in [0.717, 1.165) is 12.2 Å². The number of rotatable bonds is 6. The molecule has 0 saturated heterocycles. The van der Waals surface area contributed by atoms with Crippen molar-refractivity contribution >= 4 is 11.3 Å². The Labute approximate surface area is 125 Å². The molecule has 0 aliphatic rings. The van der Waals surface area contributed by atoms with Gasteiger partial charge in [-0.3, -0.25) is 0 Å². The summed E-state index contributed by atoms with van der Waals surface area (Å²) in [6.45, 7) is 7.97. The molecule has 1 aromatic heterocycles. The van der Waals surface area contributed by atoms with E-state index in [4.69, 9.17) is 10.5 Å². The van der Waals surface area contributed by atoms with Gasteiger partial charge in [-0.25, -0.2) is 0 Å². The Balaban J connectivity index is 1.97. The summed E-state index contributed by atoms with van der Waals surface area (Å²) in [5, 5.41) is 0. The number of thiophene rings is 1. The van der Waals surface area contributed by atoms with Crippen LogP contribution in [0.2, 0.25) is 0 Å². The molecule has 1 aromatic carbocycles. The summed E-state index contributed by atoms with van der Waals surface area (Å²) in [6.07, 6.45) is 1.13. The van der Waals surface area contributed by atoms with E-state index in [2.05, 4.69) is 57.2 Å². The molecule has 2 aromatic rings. The van der Waals surface area contributed by atoms with Crippen molar-refractivity contribution in [3.8, 4) is 5.75 Å². The first-order chi connectivity index (χ1) is 9.55. The number of hydrogen-bond acceptors (Lipinski definition) is 3. The Hall–Kier alpha value is -1.32. The van der Waals surface area contributed by atoms with Crippen molar-refractivity contribution in [1.29, 1.82) is 0 Å². The van der Waals surface area contributed by atoms with Gasteiger partial charge in [-0.15, -0.1) is 11.3 Å². The maximum Gasteiger partial charge on any atom is 0.122 e. The molecule has 0 fully saturated rings. The van der Waals surface area contributed by atoms with Crippen LogP contribution in [0, 0.1) is 0 Å². The highest BCUT2D eigenvalue weighted by Crippen LogP contribution is 2.28. The molecule has 0 aliphatic carbocycles. The second kappa shape index (κ2) is 6.42. The Morgan fingerprint density at radius 2 is 1.70 bits per heavy atom. The molecule has 3 heteroatoms. The first-order valence-corrected chi connectivity index (χ1v) is 7.88. The minimum absolute atomic E-state index is 0.225. The third-order valence-electron chi connectivity index (χ3n) is 3.82. The number of nitrogens with two attached hydrogens (primary N) is 1. The van der Waals surface area contributed by atoms with Crippen LogP contribution in [-0.2, 0) is 18.6 Å². The average molecular weight is 289 g/mol. The molecule has 0 atom stereocenters. The van der Waals surface area contributed by atoms with Gasteiger partial charge < -0.3 is 10.5 Å². The second-order valence-corrected chi connectivity index (χ2v) is 6.88. The fraction of sp³-hybridized carbons (Fsp3) is 0.412. The zero-order valence-corrected chi connectivity index (χ0v) is 13.3. The molecular weight excluding hydrogens is 266 g/mol. The predicted octanol–water partition coefficient (Wildman–Crippen LogP) is 4.47. The highest BCUT2D eigenvalue weighted by Gasteiger charge is 2.17. The molecule has 0 bridgehead atoms. The monoisotopic (exact) mass is 289 g/mol. The van der Waals surface area contributed by atoms with Crippen molar-refractivity contribution in [3.05, 3.63) is 51.7 Å². The van der Waals surface area contributed by atoms with Crippen LogP contribution in [0.15, 0.2) is 36.4 Å². The van der Waals surface area contributed by atoms with Crippen LogP contribution in [0.25, 0.3) is 0 Å². The third kappa shape index (κ3) is 3.62. The van der Waals surface area contributed by atoms with Gasteiger partial charge in [-0.05, 0) is 41.7 Å². The van der Waals surface area contributed by atoms with Crippen molar-refractivity contribution in [2.45, 2.75) is 45.8 Å². The number of ether oxygens (including phenoxy) is 1. The summed E-state index contributed by atoms with van der Waals surface area (Å²) >= 11 is 1.71. The van der Waals surface area contributed by atoms with E-state index in [1.807, 2.05) is 0 Å². The molecule has 0 spiro atoms. The Morgan fingerprint density at radius 1 is 1.05 bits per heavy atom. The van der Waals surface area contributed by atoms with E-state index in [1.165, 1.54) is 15.3 Å². The van der Waals surface area contributed by atoms with Gasteiger partial charge in [0, 0.05) is 16.3 Å². The minimum atomic E-state index is 0.225. The summed E-state index contributed by atoms with van der Waals surface area (Å²) in [6, 6.07) is 12.6. The van der Waals surface area contributed by atoms with Crippen LogP contribution in [0.4, 0.5) is 0 Å². The van der Waals surface area contributed by atoms with Crippen LogP contribution in [0.5, 0.6) is 5.75 Å². The summed E-state index contributed by atoms with van der Waals surface area (Å²) in [5.41, 5.74) is 7.19. The van der Waals surface area contributed by atoms with E-state index in [-0.39, 0.29) is 5.41 Å². The molecule has 0 amide bonds. The molecule has 0 saturated carbocycles. The summed E-state index contributed by atoms with van der Waals surface area (Å²) < 4.78 is 5.82. The lowest BCUT2D eigenvalue weighted by Crippen LogP contribution is -2.14. The molecule has 20 heavy (non-hydrogen) atoms. The summed E-state index contributed by atoms with van der Waals surface area (Å²) in [5.74, 6) is 0.920. The lowest BCUT2D eigenvalue weighted by Gasteiger charge is -2.23. The topological polar surface area (TPSA) is 35.2 Å². The van der Waals surface area contributed by atoms with Crippen LogP contribution in [0.3, 0.4) is 0 Å². The van der Waals surface area contributed by atoms with Gasteiger partial charge in [0.1, 0.15) is 12.4 Å². The van der Waals surface area contributed by atoms with Gasteiger partial charge in [0.25, 0.3) is 0 Å². The molecule has 0 radical (unpaired) electrons. The first kappa shape index (κ1) is 15.1. The fourth-order valence-electron chi connectivity index (χ4n) is 1.97. The molecule has 1 heterocycles. The van der Waals surface area contributed by atoms with E-state index < -0.39 is 0 Å². The second-order valence-electron chi connectivity index (χ2n) is 5.62. The maximum absolute atomic E-state index is 5.82. The van der Waals surface area contributed by atoms with E-state index in [0.29, 0.717) is 13.2 Å². The van der Waals surface area contributed by atoms with Crippen molar-refractivity contribution in [2.75, 3.05) is 0 Å². The molecule has 2 rings (SSSR count). The van der Waals surface area contributed by atoms with Crippen LogP contribution >= 0.6 is 11.3 Å². The quantitative estimate of drug-likeness (QED) is 0.851. The van der Waals surface area contributed by atoms with Gasteiger partial charge >= 0.3 is 0 Å². The Bertz CT molecular complexity index is 542. The predicted molar refractivity (Wildman–Crippen MR) is 86.3 cm³/mol. The van der Waals surface area contributed by atoms with Crippen molar-refractivity contribution in [1.82, 2.24) is 0 Å². The van der Waals surface area contributed by atoms with Crippen molar-refractivity contribution in [3.63, 3.8) is 0 Å². The van der Waals surface area contributed by atoms with Crippen LogP contribution < -0.4 is 10.5 Å². The molecule has 2 nitrogen and oxygen atoms in total. The largest absolute Gasteiger partial charge is 0.488 e. The third-order valence-corrected chi connectivity index (χ3v) is 4.90. The lowest BCUT2D eigenvalue weighted by atomic mass is 9.82. The zero-order valence-electron chi connectivity index (χ0n) is 12.5. The van der Waals surface area contributed by atoms with Gasteiger partial charge in [-0.2, -0.15) is 0 Å². The molecule has 2 N–H and O–H groups in total. The van der Waals surface area contributed by atoms with Crippen molar-refractivity contribution < 1.29 is 4.74 Å². The minimum Gasteiger partial charge on any atom is -0.488 e. The van der Waals surface area contributed by atoms with Crippen LogP contribution in [0.1, 0.15) is 42.5 Å². The van der Waals surface area contributed by atoms with Crippen LogP contribution in [-0.4, -0.2) is 0 Å². The van der Waals surface area contributed by atoms with Gasteiger partial charge in [0.05, 0.1) is 0 Å². The van der Waals surface area contributed by atoms with E-state index in [9.17, 15) is 0 Å². The number of hydrogen-bond donors (Lipinski definition) is 1. The summed E-state index contributed by atoms with van der Waals surface area (Å²) in [4.78, 5) is 2.41. The highest BCUT2D eigenvalue weighted by molar-refractivity contribution is 7.11. The Morgan fingerprint density at radius 3 is 2.25 bits per heavy atom. The fourth-order valence-corrected chi connectivity index (χ4v) is 2.78. The standard InChI is InChI=1S/C17H23NOS/c1-4-17(2,3)13-5-7-14(8-6-13)19-12-16-10-9-15(11-18)20-16/h5-10H,4,11-12,18H2,1-3H3. The highest BCUT2D eigenvalue weighted by atomic mass is 32.1. The van der Waals surface area contributed by atoms with E-state index in [1.54, 1.807) is 11.3 Å². The summed E-state index contributed by atoms with van der Waals surface area (Å²) in [7, 11) is 0. The molecule has 0 aliphatic heterocycles. The van der Waals surface area contributed by atoms with Crippen molar-refractivity contribution in [2.24, 2.45) is 5.73 Å². The maximum atomic E-state index is 5.82. The average Bonchev–Trinajstić information content (AvgIpc) is 2.93. The van der Waals surface area contributed by atoms with Gasteiger partial charge in [-0.1, -0.05) is 32.9 Å². The van der Waals surface area contributed by atoms with E-state index >= 15 is 0 Å². The SMILES string of the molecule is CCC(C)(C)c1ccc(OCc2ccc(CN)s2)cc1. The Kier molecular flexibility index (Phi) is 4.84. The lowest BCUT2D eigenvalue weighted by molar-refractivity contribution is 0.309. The number of benzene rings is 1. The molecular formula is C17H23NOS. The van der Waals surface area contributed by atoms with Gasteiger partial charge in [0.2, 0.25) is 0 Å². The smallest absolute Gasteiger partial charge is 0.122 e. The van der Waals surface area contributed by atoms with Gasteiger partial charge in [0.15, 0.2) is 0 Å².